The number of aromatic nitrogens is 1. The minimum absolute atomic E-state index is 0.311. The van der Waals surface area contributed by atoms with E-state index in [-0.39, 0.29) is 0 Å². The highest BCUT2D eigenvalue weighted by Gasteiger charge is 2.34. The van der Waals surface area contributed by atoms with E-state index >= 15 is 0 Å². The zero-order chi connectivity index (χ0) is 15.5. The molecule has 21 heavy (non-hydrogen) atoms. The van der Waals surface area contributed by atoms with E-state index in [1.165, 1.54) is 18.5 Å². The van der Waals surface area contributed by atoms with Gasteiger partial charge >= 0.3 is 12.2 Å². The standard InChI is InChI=1S/C13H9F4N3O/c14-8-3-4-11(10(6-8)13(15,16)17)20-12(21)19-9-2-1-5-18-7-9/h1-7H,(H2,19,20,21). The number of amides is 2. The van der Waals surface area contributed by atoms with E-state index in [4.69, 9.17) is 0 Å². The average molecular weight is 299 g/mol. The van der Waals surface area contributed by atoms with Crippen LogP contribution in [0.5, 0.6) is 0 Å². The second-order valence-electron chi connectivity index (χ2n) is 4.01. The summed E-state index contributed by atoms with van der Waals surface area (Å²) in [6.07, 6.45) is -1.97. The zero-order valence-corrected chi connectivity index (χ0v) is 10.4. The molecule has 0 aliphatic carbocycles. The molecule has 110 valence electrons. The Morgan fingerprint density at radius 2 is 1.90 bits per heavy atom. The zero-order valence-electron chi connectivity index (χ0n) is 10.4. The summed E-state index contributed by atoms with van der Waals surface area (Å²) >= 11 is 0. The molecule has 0 fully saturated rings. The Labute approximate surface area is 116 Å². The molecule has 2 aromatic rings. The van der Waals surface area contributed by atoms with Crippen molar-refractivity contribution in [2.45, 2.75) is 6.18 Å². The molecule has 2 rings (SSSR count). The van der Waals surface area contributed by atoms with Crippen LogP contribution in [-0.2, 0) is 6.18 Å². The van der Waals surface area contributed by atoms with E-state index in [9.17, 15) is 22.4 Å². The van der Waals surface area contributed by atoms with Crippen molar-refractivity contribution in [2.24, 2.45) is 0 Å². The van der Waals surface area contributed by atoms with Gasteiger partial charge in [-0.15, -0.1) is 0 Å². The Morgan fingerprint density at radius 1 is 1.14 bits per heavy atom. The van der Waals surface area contributed by atoms with E-state index in [2.05, 4.69) is 10.3 Å². The molecule has 0 unspecified atom stereocenters. The lowest BCUT2D eigenvalue weighted by Crippen LogP contribution is -2.22. The Hall–Kier alpha value is -2.64. The number of carbonyl (C=O) groups is 1. The van der Waals surface area contributed by atoms with Gasteiger partial charge in [-0.1, -0.05) is 0 Å². The number of hydrogen-bond donors (Lipinski definition) is 2. The normalized spacial score (nSPS) is 11.0. The maximum absolute atomic E-state index is 12.9. The van der Waals surface area contributed by atoms with E-state index in [0.29, 0.717) is 11.8 Å². The van der Waals surface area contributed by atoms with Gasteiger partial charge < -0.3 is 10.6 Å². The van der Waals surface area contributed by atoms with Crippen molar-refractivity contribution < 1.29 is 22.4 Å². The predicted molar refractivity (Wildman–Crippen MR) is 68.3 cm³/mol. The highest BCUT2D eigenvalue weighted by molar-refractivity contribution is 6.00. The first-order chi connectivity index (χ1) is 9.86. The van der Waals surface area contributed by atoms with Crippen LogP contribution in [0.3, 0.4) is 0 Å². The molecule has 0 aliphatic heterocycles. The summed E-state index contributed by atoms with van der Waals surface area (Å²) in [5.74, 6) is -1.04. The quantitative estimate of drug-likeness (QED) is 0.827. The first kappa shape index (κ1) is 14.8. The van der Waals surface area contributed by atoms with Crippen molar-refractivity contribution in [2.75, 3.05) is 10.6 Å². The summed E-state index contributed by atoms with van der Waals surface area (Å²) in [5.41, 5.74) is -1.49. The van der Waals surface area contributed by atoms with Crippen molar-refractivity contribution in [1.29, 1.82) is 0 Å². The summed E-state index contributed by atoms with van der Waals surface area (Å²) in [6.45, 7) is 0. The van der Waals surface area contributed by atoms with Crippen LogP contribution >= 0.6 is 0 Å². The van der Waals surface area contributed by atoms with Crippen LogP contribution in [0.15, 0.2) is 42.7 Å². The molecule has 0 aliphatic rings. The molecule has 1 aromatic heterocycles. The van der Waals surface area contributed by atoms with Gasteiger partial charge in [0, 0.05) is 6.20 Å². The molecule has 0 spiro atoms. The number of nitrogens with zero attached hydrogens (tertiary/aromatic N) is 1. The number of halogens is 4. The second kappa shape index (κ2) is 5.78. The van der Waals surface area contributed by atoms with Crippen molar-refractivity contribution in [3.63, 3.8) is 0 Å². The number of urea groups is 1. The van der Waals surface area contributed by atoms with E-state index < -0.39 is 29.3 Å². The summed E-state index contributed by atoms with van der Waals surface area (Å²) in [6, 6.07) is 4.17. The molecule has 0 radical (unpaired) electrons. The molecule has 0 atom stereocenters. The smallest absolute Gasteiger partial charge is 0.307 e. The van der Waals surface area contributed by atoms with E-state index in [0.717, 1.165) is 12.1 Å². The van der Waals surface area contributed by atoms with Crippen molar-refractivity contribution in [3.8, 4) is 0 Å². The number of benzene rings is 1. The molecule has 2 N–H and O–H groups in total. The summed E-state index contributed by atoms with van der Waals surface area (Å²) in [5, 5.41) is 4.34. The van der Waals surface area contributed by atoms with E-state index in [1.807, 2.05) is 5.32 Å². The lowest BCUT2D eigenvalue weighted by Gasteiger charge is -2.14. The molecule has 0 bridgehead atoms. The monoisotopic (exact) mass is 299 g/mol. The largest absolute Gasteiger partial charge is 0.418 e. The van der Waals surface area contributed by atoms with Crippen LogP contribution in [0.1, 0.15) is 5.56 Å². The first-order valence-corrected chi connectivity index (χ1v) is 5.71. The number of nitrogens with one attached hydrogen (secondary N) is 2. The van der Waals surface area contributed by atoms with Crippen LogP contribution in [0, 0.1) is 5.82 Å². The van der Waals surface area contributed by atoms with Gasteiger partial charge in [-0.05, 0) is 30.3 Å². The van der Waals surface area contributed by atoms with Crippen LogP contribution in [0.2, 0.25) is 0 Å². The average Bonchev–Trinajstić information content (AvgIpc) is 2.40. The molecule has 1 aromatic carbocycles. The third kappa shape index (κ3) is 3.91. The van der Waals surface area contributed by atoms with Crippen LogP contribution < -0.4 is 10.6 Å². The number of hydrogen-bond acceptors (Lipinski definition) is 2. The Kier molecular flexibility index (Phi) is 4.06. The van der Waals surface area contributed by atoms with Gasteiger partial charge in [-0.25, -0.2) is 9.18 Å². The maximum atomic E-state index is 12.9. The first-order valence-electron chi connectivity index (χ1n) is 5.71. The molecular formula is C13H9F4N3O. The van der Waals surface area contributed by atoms with E-state index in [1.54, 1.807) is 6.07 Å². The summed E-state index contributed by atoms with van der Waals surface area (Å²) < 4.78 is 51.2. The fraction of sp³-hybridized carbons (Fsp3) is 0.0769. The minimum atomic E-state index is -4.78. The van der Waals surface area contributed by atoms with Crippen LogP contribution in [-0.4, -0.2) is 11.0 Å². The molecular weight excluding hydrogens is 290 g/mol. The highest BCUT2D eigenvalue weighted by Crippen LogP contribution is 2.35. The maximum Gasteiger partial charge on any atom is 0.418 e. The van der Waals surface area contributed by atoms with Gasteiger partial charge in [0.05, 0.1) is 23.1 Å². The Balaban J connectivity index is 2.18. The lowest BCUT2D eigenvalue weighted by molar-refractivity contribution is -0.137. The number of carbonyl (C=O) groups excluding carboxylic acids is 1. The van der Waals surface area contributed by atoms with Crippen molar-refractivity contribution in [1.82, 2.24) is 4.98 Å². The van der Waals surface area contributed by atoms with Gasteiger partial charge in [0.15, 0.2) is 0 Å². The number of pyridine rings is 1. The third-order valence-electron chi connectivity index (χ3n) is 2.45. The highest BCUT2D eigenvalue weighted by atomic mass is 19.4. The third-order valence-corrected chi connectivity index (χ3v) is 2.45. The molecule has 1 heterocycles. The van der Waals surface area contributed by atoms with Gasteiger partial charge in [-0.2, -0.15) is 13.2 Å². The Bertz CT molecular complexity index is 644. The summed E-state index contributed by atoms with van der Waals surface area (Å²) in [7, 11) is 0. The molecule has 8 heteroatoms. The van der Waals surface area contributed by atoms with Gasteiger partial charge in [0.1, 0.15) is 5.82 Å². The second-order valence-corrected chi connectivity index (χ2v) is 4.01. The Morgan fingerprint density at radius 3 is 2.52 bits per heavy atom. The number of alkyl halides is 3. The number of anilines is 2. The molecule has 0 saturated heterocycles. The number of rotatable bonds is 2. The SMILES string of the molecule is O=C(Nc1cccnc1)Nc1ccc(F)cc1C(F)(F)F. The molecule has 0 saturated carbocycles. The van der Waals surface area contributed by atoms with Crippen LogP contribution in [0.25, 0.3) is 0 Å². The van der Waals surface area contributed by atoms with Crippen molar-refractivity contribution in [3.05, 3.63) is 54.1 Å². The predicted octanol–water partition coefficient (Wildman–Crippen LogP) is 3.88. The topological polar surface area (TPSA) is 54.0 Å². The van der Waals surface area contributed by atoms with Crippen LogP contribution in [0.4, 0.5) is 33.7 Å². The van der Waals surface area contributed by atoms with Crippen molar-refractivity contribution >= 4 is 17.4 Å². The van der Waals surface area contributed by atoms with Gasteiger partial charge in [-0.3, -0.25) is 4.98 Å². The molecule has 2 amide bonds. The minimum Gasteiger partial charge on any atom is -0.307 e. The van der Waals surface area contributed by atoms with Gasteiger partial charge in [0.2, 0.25) is 0 Å². The molecule has 4 nitrogen and oxygen atoms in total. The summed E-state index contributed by atoms with van der Waals surface area (Å²) in [4.78, 5) is 15.4. The van der Waals surface area contributed by atoms with Gasteiger partial charge in [0.25, 0.3) is 0 Å². The fourth-order valence-electron chi connectivity index (χ4n) is 1.58. The fourth-order valence-corrected chi connectivity index (χ4v) is 1.58. The lowest BCUT2D eigenvalue weighted by atomic mass is 10.1.